The van der Waals surface area contributed by atoms with E-state index in [2.05, 4.69) is 17.1 Å². The van der Waals surface area contributed by atoms with Gasteiger partial charge in [-0.15, -0.1) is 0 Å². The summed E-state index contributed by atoms with van der Waals surface area (Å²) in [5, 5.41) is 13.9. The van der Waals surface area contributed by atoms with Crippen LogP contribution in [0.25, 0.3) is 0 Å². The molecule has 7 nitrogen and oxygen atoms in total. The number of carbonyl (C=O) groups excluding carboxylic acids is 1. The first-order valence-corrected chi connectivity index (χ1v) is 9.63. The number of hydrogen-bond donors (Lipinski definition) is 1. The molecular weight excluding hydrogens is 351 g/mol. The van der Waals surface area contributed by atoms with Crippen molar-refractivity contribution in [3.8, 4) is 0 Å². The minimum absolute atomic E-state index is 0.0593. The third-order valence-corrected chi connectivity index (χ3v) is 5.52. The van der Waals surface area contributed by atoms with Gasteiger partial charge in [0.1, 0.15) is 0 Å². The first-order chi connectivity index (χ1) is 12.9. The quantitative estimate of drug-likeness (QED) is 0.629. The molecule has 2 aliphatic rings. The van der Waals surface area contributed by atoms with Crippen LogP contribution in [0.5, 0.6) is 0 Å². The molecule has 2 unspecified atom stereocenters. The van der Waals surface area contributed by atoms with Gasteiger partial charge in [-0.2, -0.15) is 0 Å². The second kappa shape index (κ2) is 8.65. The van der Waals surface area contributed by atoms with E-state index in [9.17, 15) is 19.3 Å². The molecule has 1 N–H and O–H groups in total. The fraction of sp³-hybridized carbons (Fsp3) is 0.632. The average Bonchev–Trinajstić information content (AvgIpc) is 2.62. The van der Waals surface area contributed by atoms with Gasteiger partial charge in [0.25, 0.3) is 5.69 Å². The Morgan fingerprint density at radius 3 is 2.67 bits per heavy atom. The average molecular weight is 378 g/mol. The van der Waals surface area contributed by atoms with Gasteiger partial charge in [0.05, 0.1) is 23.2 Å². The highest BCUT2D eigenvalue weighted by Gasteiger charge is 2.24. The number of nitro benzene ring substituents is 1. The minimum atomic E-state index is -0.601. The lowest BCUT2D eigenvalue weighted by molar-refractivity contribution is -0.385. The Bertz CT molecular complexity index is 692. The van der Waals surface area contributed by atoms with E-state index in [-0.39, 0.29) is 17.6 Å². The first-order valence-electron chi connectivity index (χ1n) is 9.63. The van der Waals surface area contributed by atoms with E-state index in [0.717, 1.165) is 18.9 Å². The van der Waals surface area contributed by atoms with Crippen LogP contribution in [-0.2, 0) is 4.79 Å². The first kappa shape index (κ1) is 19.5. The highest BCUT2D eigenvalue weighted by molar-refractivity contribution is 5.78. The van der Waals surface area contributed by atoms with Gasteiger partial charge >= 0.3 is 0 Å². The van der Waals surface area contributed by atoms with Crippen LogP contribution in [0.15, 0.2) is 18.2 Å². The minimum Gasteiger partial charge on any atom is -0.367 e. The monoisotopic (exact) mass is 378 g/mol. The number of nitro groups is 1. The van der Waals surface area contributed by atoms with Crippen LogP contribution in [0.2, 0.25) is 0 Å². The van der Waals surface area contributed by atoms with E-state index >= 15 is 0 Å². The third kappa shape index (κ3) is 5.15. The van der Waals surface area contributed by atoms with E-state index in [0.29, 0.717) is 44.3 Å². The van der Waals surface area contributed by atoms with E-state index in [1.54, 1.807) is 0 Å². The molecule has 0 spiro atoms. The lowest BCUT2D eigenvalue weighted by Gasteiger charge is -2.36. The number of nitrogens with zero attached hydrogens (tertiary/aromatic N) is 3. The second-order valence-corrected chi connectivity index (χ2v) is 7.69. The molecule has 0 aromatic heterocycles. The van der Waals surface area contributed by atoms with Gasteiger partial charge in [0.15, 0.2) is 5.82 Å². The van der Waals surface area contributed by atoms with Crippen LogP contribution < -0.4 is 10.2 Å². The Morgan fingerprint density at radius 2 is 2.04 bits per heavy atom. The summed E-state index contributed by atoms with van der Waals surface area (Å²) in [4.78, 5) is 26.4. The van der Waals surface area contributed by atoms with Gasteiger partial charge in [-0.05, 0) is 24.8 Å². The van der Waals surface area contributed by atoms with Crippen LogP contribution in [0.4, 0.5) is 15.8 Å². The normalized spacial score (nSPS) is 23.9. The van der Waals surface area contributed by atoms with Crippen LogP contribution in [0, 0.1) is 21.8 Å². The lowest BCUT2D eigenvalue weighted by Crippen LogP contribution is -2.51. The summed E-state index contributed by atoms with van der Waals surface area (Å²) in [5.74, 6) is 0.148. The Labute approximate surface area is 158 Å². The van der Waals surface area contributed by atoms with Crippen molar-refractivity contribution in [2.24, 2.45) is 5.92 Å². The molecule has 1 saturated carbocycles. The lowest BCUT2D eigenvalue weighted by atomic mass is 9.87. The topological polar surface area (TPSA) is 78.7 Å². The van der Waals surface area contributed by atoms with Gasteiger partial charge in [0.2, 0.25) is 5.91 Å². The Balaban J connectivity index is 1.47. The molecule has 1 heterocycles. The summed E-state index contributed by atoms with van der Waals surface area (Å²) in [6.45, 7) is 5.08. The molecule has 8 heteroatoms. The van der Waals surface area contributed by atoms with Crippen LogP contribution >= 0.6 is 0 Å². The van der Waals surface area contributed by atoms with E-state index in [4.69, 9.17) is 0 Å². The second-order valence-electron chi connectivity index (χ2n) is 7.69. The molecule has 1 aliphatic heterocycles. The fourth-order valence-electron chi connectivity index (χ4n) is 4.05. The molecule has 1 amide bonds. The molecule has 148 valence electrons. The number of nitrogens with one attached hydrogen (secondary N) is 1. The fourth-order valence-corrected chi connectivity index (χ4v) is 4.05. The maximum absolute atomic E-state index is 14.2. The van der Waals surface area contributed by atoms with Gasteiger partial charge < -0.3 is 10.2 Å². The number of carbonyl (C=O) groups is 1. The van der Waals surface area contributed by atoms with Gasteiger partial charge in [-0.25, -0.2) is 4.39 Å². The molecule has 1 aliphatic carbocycles. The number of amides is 1. The summed E-state index contributed by atoms with van der Waals surface area (Å²) in [6, 6.07) is 4.03. The number of rotatable bonds is 5. The van der Waals surface area contributed by atoms with Gasteiger partial charge in [-0.1, -0.05) is 19.8 Å². The van der Waals surface area contributed by atoms with Gasteiger partial charge in [0, 0.05) is 38.3 Å². The van der Waals surface area contributed by atoms with Gasteiger partial charge in [-0.3, -0.25) is 19.8 Å². The van der Waals surface area contributed by atoms with Crippen molar-refractivity contribution >= 4 is 17.3 Å². The zero-order valence-electron chi connectivity index (χ0n) is 15.7. The maximum Gasteiger partial charge on any atom is 0.272 e. The Kier molecular flexibility index (Phi) is 6.26. The highest BCUT2D eigenvalue weighted by atomic mass is 19.1. The highest BCUT2D eigenvalue weighted by Crippen LogP contribution is 2.25. The summed E-state index contributed by atoms with van der Waals surface area (Å²) in [5.41, 5.74) is 0.129. The number of benzene rings is 1. The summed E-state index contributed by atoms with van der Waals surface area (Å²) in [7, 11) is 0. The van der Waals surface area contributed by atoms with Crippen molar-refractivity contribution in [3.05, 3.63) is 34.1 Å². The summed E-state index contributed by atoms with van der Waals surface area (Å²) < 4.78 is 14.2. The molecule has 27 heavy (non-hydrogen) atoms. The molecule has 0 radical (unpaired) electrons. The molecule has 2 atom stereocenters. The smallest absolute Gasteiger partial charge is 0.272 e. The maximum atomic E-state index is 14.2. The summed E-state index contributed by atoms with van der Waals surface area (Å²) in [6.07, 6.45) is 4.53. The zero-order valence-corrected chi connectivity index (χ0v) is 15.7. The largest absolute Gasteiger partial charge is 0.367 e. The van der Waals surface area contributed by atoms with Crippen molar-refractivity contribution in [1.82, 2.24) is 10.2 Å². The summed E-state index contributed by atoms with van der Waals surface area (Å²) >= 11 is 0. The van der Waals surface area contributed by atoms with E-state index < -0.39 is 10.7 Å². The van der Waals surface area contributed by atoms with Crippen molar-refractivity contribution in [2.45, 2.75) is 38.6 Å². The number of non-ortho nitro benzene ring substituents is 1. The number of piperazine rings is 1. The van der Waals surface area contributed by atoms with E-state index in [1.165, 1.54) is 25.0 Å². The van der Waals surface area contributed by atoms with Crippen molar-refractivity contribution in [1.29, 1.82) is 0 Å². The molecule has 3 rings (SSSR count). The zero-order chi connectivity index (χ0) is 19.4. The number of hydrogen-bond acceptors (Lipinski definition) is 5. The molecule has 2 fully saturated rings. The predicted octanol–water partition coefficient (Wildman–Crippen LogP) is 2.55. The van der Waals surface area contributed by atoms with Crippen molar-refractivity contribution in [3.63, 3.8) is 0 Å². The predicted molar refractivity (Wildman–Crippen MR) is 101 cm³/mol. The van der Waals surface area contributed by atoms with Crippen LogP contribution in [-0.4, -0.2) is 54.5 Å². The van der Waals surface area contributed by atoms with Crippen LogP contribution in [0.3, 0.4) is 0 Å². The van der Waals surface area contributed by atoms with Crippen molar-refractivity contribution < 1.29 is 14.1 Å². The number of anilines is 1. The molecule has 1 aromatic carbocycles. The standard InChI is InChI=1S/C19H27FN4O3/c1-14-3-2-4-15(11-14)21-19(25)13-22-7-9-23(10-8-22)18-6-5-16(24(26)27)12-17(18)20/h5-6,12,14-15H,2-4,7-11,13H2,1H3,(H,21,25). The molecule has 1 saturated heterocycles. The third-order valence-electron chi connectivity index (χ3n) is 5.52. The van der Waals surface area contributed by atoms with Crippen molar-refractivity contribution in [2.75, 3.05) is 37.6 Å². The Morgan fingerprint density at radius 1 is 1.30 bits per heavy atom. The molecular formula is C19H27FN4O3. The van der Waals surface area contributed by atoms with E-state index in [1.807, 2.05) is 4.90 Å². The number of halogens is 1. The molecule has 0 bridgehead atoms. The molecule has 1 aromatic rings. The Hall–Kier alpha value is -2.22. The van der Waals surface area contributed by atoms with Crippen LogP contribution in [0.1, 0.15) is 32.6 Å². The SMILES string of the molecule is CC1CCCC(NC(=O)CN2CCN(c3ccc([N+](=O)[O-])cc3F)CC2)C1.